The zero-order valence-corrected chi connectivity index (χ0v) is 9.80. The predicted molar refractivity (Wildman–Crippen MR) is 60.0 cm³/mol. The van der Waals surface area contributed by atoms with Gasteiger partial charge < -0.3 is 10.8 Å². The first-order valence-electron chi connectivity index (χ1n) is 4.90. The summed E-state index contributed by atoms with van der Waals surface area (Å²) in [6.45, 7) is 0. The Balaban J connectivity index is 2.11. The lowest BCUT2D eigenvalue weighted by Crippen LogP contribution is -2.52. The minimum atomic E-state index is -0.798. The molecule has 0 spiro atoms. The van der Waals surface area contributed by atoms with Gasteiger partial charge in [-0.1, -0.05) is 22.0 Å². The molecule has 1 aliphatic rings. The first-order valence-corrected chi connectivity index (χ1v) is 5.70. The number of halogens is 2. The summed E-state index contributed by atoms with van der Waals surface area (Å²) < 4.78 is 14.2. The number of aliphatic hydroxyl groups is 1. The van der Waals surface area contributed by atoms with Crippen LogP contribution in [0.4, 0.5) is 4.39 Å². The Morgan fingerprint density at radius 2 is 2.20 bits per heavy atom. The molecule has 0 aliphatic heterocycles. The van der Waals surface area contributed by atoms with Crippen LogP contribution in [-0.4, -0.2) is 16.7 Å². The van der Waals surface area contributed by atoms with Gasteiger partial charge >= 0.3 is 0 Å². The van der Waals surface area contributed by atoms with E-state index in [1.54, 1.807) is 12.1 Å². The minimum absolute atomic E-state index is 0.0634. The van der Waals surface area contributed by atoms with Crippen LogP contribution >= 0.6 is 15.9 Å². The SMILES string of the molecule is NC1CC(O)(Cc2ccc(Br)cc2F)C1. The van der Waals surface area contributed by atoms with Crippen LogP contribution in [0.2, 0.25) is 0 Å². The molecule has 2 rings (SSSR count). The highest BCUT2D eigenvalue weighted by molar-refractivity contribution is 9.10. The van der Waals surface area contributed by atoms with Gasteiger partial charge in [0.25, 0.3) is 0 Å². The van der Waals surface area contributed by atoms with Crippen molar-refractivity contribution in [3.05, 3.63) is 34.1 Å². The average molecular weight is 274 g/mol. The molecule has 4 heteroatoms. The van der Waals surface area contributed by atoms with Crippen molar-refractivity contribution < 1.29 is 9.50 Å². The minimum Gasteiger partial charge on any atom is -0.389 e. The van der Waals surface area contributed by atoms with E-state index in [0.29, 0.717) is 29.3 Å². The molecule has 0 atom stereocenters. The Morgan fingerprint density at radius 1 is 1.53 bits per heavy atom. The molecule has 1 aromatic rings. The molecule has 0 radical (unpaired) electrons. The maximum atomic E-state index is 13.5. The van der Waals surface area contributed by atoms with Crippen molar-refractivity contribution in [2.75, 3.05) is 0 Å². The van der Waals surface area contributed by atoms with Gasteiger partial charge in [0.05, 0.1) is 5.60 Å². The molecule has 3 N–H and O–H groups in total. The molecule has 1 aromatic carbocycles. The van der Waals surface area contributed by atoms with E-state index < -0.39 is 5.60 Å². The molecule has 0 bridgehead atoms. The standard InChI is InChI=1S/C11H13BrFNO/c12-8-2-1-7(10(13)3-8)4-11(15)5-9(14)6-11/h1-3,9,15H,4-6,14H2. The van der Waals surface area contributed by atoms with Crippen LogP contribution in [0.25, 0.3) is 0 Å². The number of benzene rings is 1. The van der Waals surface area contributed by atoms with E-state index in [2.05, 4.69) is 15.9 Å². The van der Waals surface area contributed by atoms with E-state index in [1.807, 2.05) is 0 Å². The topological polar surface area (TPSA) is 46.2 Å². The summed E-state index contributed by atoms with van der Waals surface area (Å²) >= 11 is 3.19. The zero-order valence-electron chi connectivity index (χ0n) is 8.21. The van der Waals surface area contributed by atoms with E-state index in [9.17, 15) is 9.50 Å². The van der Waals surface area contributed by atoms with Crippen molar-refractivity contribution in [3.63, 3.8) is 0 Å². The lowest BCUT2D eigenvalue weighted by Gasteiger charge is -2.42. The summed E-state index contributed by atoms with van der Waals surface area (Å²) in [5, 5.41) is 9.97. The fourth-order valence-electron chi connectivity index (χ4n) is 2.08. The van der Waals surface area contributed by atoms with Crippen molar-refractivity contribution in [1.29, 1.82) is 0 Å². The van der Waals surface area contributed by atoms with Gasteiger partial charge in [-0.05, 0) is 30.5 Å². The van der Waals surface area contributed by atoms with E-state index in [4.69, 9.17) is 5.73 Å². The smallest absolute Gasteiger partial charge is 0.127 e. The maximum Gasteiger partial charge on any atom is 0.127 e. The lowest BCUT2D eigenvalue weighted by atomic mass is 9.72. The summed E-state index contributed by atoms with van der Waals surface area (Å²) in [5.41, 5.74) is 5.36. The van der Waals surface area contributed by atoms with Gasteiger partial charge in [0.2, 0.25) is 0 Å². The zero-order chi connectivity index (χ0) is 11.1. The van der Waals surface area contributed by atoms with Gasteiger partial charge in [-0.15, -0.1) is 0 Å². The summed E-state index contributed by atoms with van der Waals surface area (Å²) in [4.78, 5) is 0. The van der Waals surface area contributed by atoms with Crippen molar-refractivity contribution in [3.8, 4) is 0 Å². The third kappa shape index (κ3) is 2.38. The largest absolute Gasteiger partial charge is 0.389 e. The molecule has 2 nitrogen and oxygen atoms in total. The van der Waals surface area contributed by atoms with Crippen LogP contribution in [0.1, 0.15) is 18.4 Å². The van der Waals surface area contributed by atoms with E-state index >= 15 is 0 Å². The second-order valence-electron chi connectivity index (χ2n) is 4.31. The van der Waals surface area contributed by atoms with E-state index in [-0.39, 0.29) is 11.9 Å². The Bertz CT molecular complexity index is 377. The third-order valence-corrected chi connectivity index (χ3v) is 3.31. The highest BCUT2D eigenvalue weighted by Crippen LogP contribution is 2.34. The highest BCUT2D eigenvalue weighted by atomic mass is 79.9. The molecule has 1 saturated carbocycles. The Labute approximate surface area is 96.4 Å². The van der Waals surface area contributed by atoms with Crippen molar-refractivity contribution in [1.82, 2.24) is 0 Å². The van der Waals surface area contributed by atoms with Gasteiger partial charge in [-0.2, -0.15) is 0 Å². The van der Waals surface area contributed by atoms with E-state index in [1.165, 1.54) is 6.07 Å². The van der Waals surface area contributed by atoms with Crippen LogP contribution in [-0.2, 0) is 6.42 Å². The Hall–Kier alpha value is -0.450. The van der Waals surface area contributed by atoms with Crippen LogP contribution < -0.4 is 5.73 Å². The third-order valence-electron chi connectivity index (χ3n) is 2.82. The Morgan fingerprint density at radius 3 is 2.73 bits per heavy atom. The monoisotopic (exact) mass is 273 g/mol. The van der Waals surface area contributed by atoms with Gasteiger partial charge in [0.1, 0.15) is 5.82 Å². The molecule has 0 aromatic heterocycles. The molecule has 0 saturated heterocycles. The molecule has 0 heterocycles. The predicted octanol–water partition coefficient (Wildman–Crippen LogP) is 1.98. The summed E-state index contributed by atoms with van der Waals surface area (Å²) in [5.74, 6) is -0.279. The van der Waals surface area contributed by atoms with Crippen molar-refractivity contribution in [2.45, 2.75) is 30.9 Å². The number of nitrogens with two attached hydrogens (primary N) is 1. The molecule has 0 unspecified atom stereocenters. The fraction of sp³-hybridized carbons (Fsp3) is 0.455. The van der Waals surface area contributed by atoms with Gasteiger partial charge in [-0.25, -0.2) is 4.39 Å². The average Bonchev–Trinajstić information content (AvgIpc) is 2.08. The van der Waals surface area contributed by atoms with Crippen molar-refractivity contribution in [2.24, 2.45) is 5.73 Å². The molecule has 0 amide bonds. The van der Waals surface area contributed by atoms with Gasteiger partial charge in [0, 0.05) is 16.9 Å². The van der Waals surface area contributed by atoms with Crippen LogP contribution in [0.5, 0.6) is 0 Å². The molecule has 1 aliphatic carbocycles. The fourth-order valence-corrected chi connectivity index (χ4v) is 2.41. The van der Waals surface area contributed by atoms with Crippen molar-refractivity contribution >= 4 is 15.9 Å². The van der Waals surface area contributed by atoms with Crippen LogP contribution in [0, 0.1) is 5.82 Å². The molecule has 15 heavy (non-hydrogen) atoms. The second-order valence-corrected chi connectivity index (χ2v) is 5.22. The lowest BCUT2D eigenvalue weighted by molar-refractivity contribution is -0.0460. The highest BCUT2D eigenvalue weighted by Gasteiger charge is 2.40. The number of hydrogen-bond acceptors (Lipinski definition) is 2. The van der Waals surface area contributed by atoms with Crippen LogP contribution in [0.3, 0.4) is 0 Å². The van der Waals surface area contributed by atoms with Crippen LogP contribution in [0.15, 0.2) is 22.7 Å². The maximum absolute atomic E-state index is 13.5. The molecule has 82 valence electrons. The molecule has 1 fully saturated rings. The quantitative estimate of drug-likeness (QED) is 0.866. The molecular weight excluding hydrogens is 261 g/mol. The normalized spacial score (nSPS) is 30.0. The first kappa shape index (κ1) is 11.0. The summed E-state index contributed by atoms with van der Waals surface area (Å²) in [6, 6.07) is 4.95. The van der Waals surface area contributed by atoms with Gasteiger partial charge in [-0.3, -0.25) is 0 Å². The summed E-state index contributed by atoms with van der Waals surface area (Å²) in [7, 11) is 0. The first-order chi connectivity index (χ1) is 6.98. The summed E-state index contributed by atoms with van der Waals surface area (Å²) in [6.07, 6.45) is 1.46. The molecular formula is C11H13BrFNO. The van der Waals surface area contributed by atoms with E-state index in [0.717, 1.165) is 0 Å². The second kappa shape index (κ2) is 3.85. The van der Waals surface area contributed by atoms with Gasteiger partial charge in [0.15, 0.2) is 0 Å². The number of hydrogen-bond donors (Lipinski definition) is 2. The number of rotatable bonds is 2. The Kier molecular flexibility index (Phi) is 2.83.